The Morgan fingerprint density at radius 2 is 2.04 bits per heavy atom. The first-order valence-corrected chi connectivity index (χ1v) is 9.42. The molecule has 0 radical (unpaired) electrons. The van der Waals surface area contributed by atoms with E-state index in [0.717, 1.165) is 30.7 Å². The van der Waals surface area contributed by atoms with Gasteiger partial charge in [-0.3, -0.25) is 0 Å². The van der Waals surface area contributed by atoms with Gasteiger partial charge in [-0.15, -0.1) is 0 Å². The Morgan fingerprint density at radius 3 is 2.85 bits per heavy atom. The summed E-state index contributed by atoms with van der Waals surface area (Å²) in [6.07, 6.45) is 14.9. The van der Waals surface area contributed by atoms with Gasteiger partial charge in [0, 0.05) is 30.2 Å². The van der Waals surface area contributed by atoms with E-state index in [1.165, 1.54) is 10.9 Å². The molecule has 27 heavy (non-hydrogen) atoms. The molecule has 1 aliphatic heterocycles. The molecule has 3 rings (SSSR count). The van der Waals surface area contributed by atoms with Crippen LogP contribution >= 0.6 is 0 Å². The monoisotopic (exact) mass is 362 g/mol. The van der Waals surface area contributed by atoms with Crippen LogP contribution in [0, 0.1) is 0 Å². The molecule has 0 unspecified atom stereocenters. The number of H-pyrrole nitrogens is 1. The number of para-hydroxylation sites is 1. The Morgan fingerprint density at radius 1 is 1.22 bits per heavy atom. The van der Waals surface area contributed by atoms with Crippen LogP contribution < -0.4 is 0 Å². The van der Waals surface area contributed by atoms with Crippen molar-refractivity contribution in [1.29, 1.82) is 0 Å². The standard InChI is InChI=1S/C23H26N2O2/c1-3-5-6-7-8-11-15-25-16-14-19-18-12-9-10-13-21(18)24-22(19)20(17-25)23(26)27-4-2/h3,5-13,17,24H,4,14-16H2,1-2H3/b5-3-,7-6-,11-8+. The van der Waals surface area contributed by atoms with Gasteiger partial charge in [-0.1, -0.05) is 54.7 Å². The Bertz CT molecular complexity index is 916. The lowest BCUT2D eigenvalue weighted by Crippen LogP contribution is -2.20. The largest absolute Gasteiger partial charge is 0.462 e. The van der Waals surface area contributed by atoms with Crippen LogP contribution in [0.4, 0.5) is 0 Å². The molecule has 1 aliphatic rings. The average molecular weight is 362 g/mol. The molecule has 4 nitrogen and oxygen atoms in total. The van der Waals surface area contributed by atoms with Crippen molar-refractivity contribution in [3.05, 3.63) is 78.2 Å². The number of allylic oxidation sites excluding steroid dienone is 5. The molecule has 1 N–H and O–H groups in total. The van der Waals surface area contributed by atoms with Crippen molar-refractivity contribution in [3.63, 3.8) is 0 Å². The lowest BCUT2D eigenvalue weighted by molar-refractivity contribution is -0.136. The fraction of sp³-hybridized carbons (Fsp3) is 0.261. The van der Waals surface area contributed by atoms with E-state index in [9.17, 15) is 4.79 Å². The number of esters is 1. The molecule has 0 spiro atoms. The maximum atomic E-state index is 12.6. The summed E-state index contributed by atoms with van der Waals surface area (Å²) in [5.41, 5.74) is 3.72. The lowest BCUT2D eigenvalue weighted by Gasteiger charge is -2.17. The van der Waals surface area contributed by atoms with Gasteiger partial charge < -0.3 is 14.6 Å². The number of fused-ring (bicyclic) bond motifs is 3. The molecule has 0 saturated heterocycles. The first-order chi connectivity index (χ1) is 13.2. The van der Waals surface area contributed by atoms with E-state index < -0.39 is 0 Å². The maximum Gasteiger partial charge on any atom is 0.341 e. The summed E-state index contributed by atoms with van der Waals surface area (Å²) in [6, 6.07) is 8.19. The van der Waals surface area contributed by atoms with Crippen molar-refractivity contribution < 1.29 is 9.53 Å². The molecule has 1 aromatic carbocycles. The fourth-order valence-corrected chi connectivity index (χ4v) is 3.28. The number of rotatable bonds is 6. The lowest BCUT2D eigenvalue weighted by atomic mass is 10.0. The number of ether oxygens (including phenoxy) is 1. The van der Waals surface area contributed by atoms with E-state index in [-0.39, 0.29) is 5.97 Å². The third kappa shape index (κ3) is 4.40. The van der Waals surface area contributed by atoms with Crippen LogP contribution in [0.25, 0.3) is 16.5 Å². The first kappa shape index (κ1) is 18.8. The maximum absolute atomic E-state index is 12.6. The first-order valence-electron chi connectivity index (χ1n) is 9.42. The Hall–Kier alpha value is -3.01. The summed E-state index contributed by atoms with van der Waals surface area (Å²) in [6.45, 7) is 5.78. The molecule has 0 aliphatic carbocycles. The highest BCUT2D eigenvalue weighted by Crippen LogP contribution is 2.31. The van der Waals surface area contributed by atoms with Gasteiger partial charge in [0.05, 0.1) is 17.9 Å². The van der Waals surface area contributed by atoms with Crippen LogP contribution in [0.1, 0.15) is 25.1 Å². The molecule has 0 amide bonds. The van der Waals surface area contributed by atoms with Gasteiger partial charge in [0.1, 0.15) is 0 Å². The number of hydrogen-bond acceptors (Lipinski definition) is 3. The summed E-state index contributed by atoms with van der Waals surface area (Å²) >= 11 is 0. The van der Waals surface area contributed by atoms with E-state index in [4.69, 9.17) is 4.74 Å². The van der Waals surface area contributed by atoms with Gasteiger partial charge in [0.15, 0.2) is 0 Å². The third-order valence-electron chi connectivity index (χ3n) is 4.54. The van der Waals surface area contributed by atoms with E-state index >= 15 is 0 Å². The molecule has 0 bridgehead atoms. The van der Waals surface area contributed by atoms with Crippen LogP contribution in [0.3, 0.4) is 0 Å². The highest BCUT2D eigenvalue weighted by molar-refractivity contribution is 6.17. The molecule has 0 fully saturated rings. The number of aromatic nitrogens is 1. The van der Waals surface area contributed by atoms with Crippen molar-refractivity contribution >= 4 is 22.4 Å². The van der Waals surface area contributed by atoms with Crippen molar-refractivity contribution in [2.45, 2.75) is 20.3 Å². The zero-order valence-corrected chi connectivity index (χ0v) is 15.9. The second-order valence-corrected chi connectivity index (χ2v) is 6.37. The number of carbonyl (C=O) groups excluding carboxylic acids is 1. The number of carbonyl (C=O) groups is 1. The van der Waals surface area contributed by atoms with Crippen molar-refractivity contribution in [2.24, 2.45) is 0 Å². The quantitative estimate of drug-likeness (QED) is 0.602. The van der Waals surface area contributed by atoms with E-state index in [0.29, 0.717) is 12.2 Å². The Labute approximate surface area is 160 Å². The third-order valence-corrected chi connectivity index (χ3v) is 4.54. The van der Waals surface area contributed by atoms with Crippen LogP contribution in [0.2, 0.25) is 0 Å². The van der Waals surface area contributed by atoms with Crippen molar-refractivity contribution in [1.82, 2.24) is 9.88 Å². The molecule has 0 atom stereocenters. The molecule has 0 saturated carbocycles. The molecule has 4 heteroatoms. The topological polar surface area (TPSA) is 45.3 Å². The SMILES string of the molecule is C\C=C/C=C\C=C\CN1C=C(C(=O)OCC)c2[nH]c3ccccc3c2CC1. The minimum Gasteiger partial charge on any atom is -0.462 e. The molecule has 140 valence electrons. The highest BCUT2D eigenvalue weighted by Gasteiger charge is 2.24. The second kappa shape index (κ2) is 9.08. The van der Waals surface area contributed by atoms with Crippen LogP contribution in [0.15, 0.2) is 66.9 Å². The predicted octanol–water partition coefficient (Wildman–Crippen LogP) is 4.62. The van der Waals surface area contributed by atoms with E-state index in [1.807, 2.05) is 68.6 Å². The minimum atomic E-state index is -0.283. The number of aromatic amines is 1. The van der Waals surface area contributed by atoms with Crippen molar-refractivity contribution in [2.75, 3.05) is 19.7 Å². The summed E-state index contributed by atoms with van der Waals surface area (Å²) in [7, 11) is 0. The van der Waals surface area contributed by atoms with Gasteiger partial charge in [-0.05, 0) is 31.9 Å². The zero-order chi connectivity index (χ0) is 19.1. The van der Waals surface area contributed by atoms with Gasteiger partial charge in [0.25, 0.3) is 0 Å². The van der Waals surface area contributed by atoms with Crippen LogP contribution in [-0.2, 0) is 16.0 Å². The van der Waals surface area contributed by atoms with Crippen LogP contribution in [-0.4, -0.2) is 35.5 Å². The zero-order valence-electron chi connectivity index (χ0n) is 15.9. The number of nitrogens with zero attached hydrogens (tertiary/aromatic N) is 1. The van der Waals surface area contributed by atoms with Gasteiger partial charge in [0.2, 0.25) is 0 Å². The molecule has 1 aromatic heterocycles. The normalized spacial score (nSPS) is 14.9. The summed E-state index contributed by atoms with van der Waals surface area (Å²) in [4.78, 5) is 18.2. The van der Waals surface area contributed by atoms with Gasteiger partial charge >= 0.3 is 5.97 Å². The fourth-order valence-electron chi connectivity index (χ4n) is 3.28. The van der Waals surface area contributed by atoms with E-state index in [1.54, 1.807) is 0 Å². The second-order valence-electron chi connectivity index (χ2n) is 6.37. The van der Waals surface area contributed by atoms with Gasteiger partial charge in [-0.25, -0.2) is 4.79 Å². The Balaban J connectivity index is 1.89. The predicted molar refractivity (Wildman–Crippen MR) is 111 cm³/mol. The summed E-state index contributed by atoms with van der Waals surface area (Å²) in [5.74, 6) is -0.283. The number of hydrogen-bond donors (Lipinski definition) is 1. The average Bonchev–Trinajstić information content (AvgIpc) is 2.94. The molecular weight excluding hydrogens is 336 g/mol. The van der Waals surface area contributed by atoms with Crippen molar-refractivity contribution in [3.8, 4) is 0 Å². The van der Waals surface area contributed by atoms with Gasteiger partial charge in [-0.2, -0.15) is 0 Å². The summed E-state index contributed by atoms with van der Waals surface area (Å²) in [5, 5.41) is 1.18. The van der Waals surface area contributed by atoms with Crippen LogP contribution in [0.5, 0.6) is 0 Å². The number of benzene rings is 1. The Kier molecular flexibility index (Phi) is 6.31. The summed E-state index contributed by atoms with van der Waals surface area (Å²) < 4.78 is 5.32. The smallest absolute Gasteiger partial charge is 0.341 e. The minimum absolute atomic E-state index is 0.283. The molecular formula is C23H26N2O2. The molecule has 2 heterocycles. The molecule has 2 aromatic rings. The van der Waals surface area contributed by atoms with E-state index in [2.05, 4.69) is 22.0 Å². The number of nitrogens with one attached hydrogen (secondary N) is 1. The highest BCUT2D eigenvalue weighted by atomic mass is 16.5.